The van der Waals surface area contributed by atoms with Crippen LogP contribution in [-0.2, 0) is 11.3 Å². The zero-order valence-electron chi connectivity index (χ0n) is 18.5. The van der Waals surface area contributed by atoms with Gasteiger partial charge in [-0.3, -0.25) is 9.69 Å². The highest BCUT2D eigenvalue weighted by atomic mass is 16.5. The van der Waals surface area contributed by atoms with E-state index in [0.29, 0.717) is 18.8 Å². The summed E-state index contributed by atoms with van der Waals surface area (Å²) in [7, 11) is 3.23. The minimum Gasteiger partial charge on any atom is -0.497 e. The first-order chi connectivity index (χ1) is 15.7. The number of carbonyl (C=O) groups excluding carboxylic acids is 1. The summed E-state index contributed by atoms with van der Waals surface area (Å²) in [5.74, 6) is 1.42. The van der Waals surface area contributed by atoms with E-state index in [2.05, 4.69) is 27.6 Å². The van der Waals surface area contributed by atoms with Crippen molar-refractivity contribution < 1.29 is 14.3 Å². The summed E-state index contributed by atoms with van der Waals surface area (Å²) in [6.45, 7) is 2.36. The van der Waals surface area contributed by atoms with Gasteiger partial charge in [-0.05, 0) is 36.3 Å². The number of ether oxygens (including phenoxy) is 2. The van der Waals surface area contributed by atoms with Crippen LogP contribution in [0.15, 0.2) is 67.0 Å². The van der Waals surface area contributed by atoms with Gasteiger partial charge in [0.1, 0.15) is 11.5 Å². The van der Waals surface area contributed by atoms with Gasteiger partial charge in [-0.25, -0.2) is 4.68 Å². The smallest absolute Gasteiger partial charge is 0.234 e. The molecule has 0 fully saturated rings. The Balaban J connectivity index is 1.29. The number of aromatic nitrogens is 2. The number of methoxy groups -OCH3 is 2. The second-order valence-electron chi connectivity index (χ2n) is 7.68. The van der Waals surface area contributed by atoms with Gasteiger partial charge in [-0.1, -0.05) is 24.3 Å². The van der Waals surface area contributed by atoms with Gasteiger partial charge in [0.25, 0.3) is 0 Å². The fraction of sp³-hybridized carbons (Fsp3) is 0.280. The fourth-order valence-corrected chi connectivity index (χ4v) is 3.78. The van der Waals surface area contributed by atoms with Crippen molar-refractivity contribution >= 4 is 11.5 Å². The highest BCUT2D eigenvalue weighted by Gasteiger charge is 2.17. The third kappa shape index (κ3) is 5.18. The van der Waals surface area contributed by atoms with Crippen LogP contribution in [0.25, 0.3) is 11.3 Å². The lowest BCUT2D eigenvalue weighted by Crippen LogP contribution is -2.39. The van der Waals surface area contributed by atoms with E-state index < -0.39 is 0 Å². The first kappa shape index (κ1) is 21.6. The molecule has 2 heterocycles. The molecule has 0 unspecified atom stereocenters. The quantitative estimate of drug-likeness (QED) is 0.592. The van der Waals surface area contributed by atoms with Gasteiger partial charge >= 0.3 is 0 Å². The van der Waals surface area contributed by atoms with Crippen molar-refractivity contribution in [2.75, 3.05) is 33.9 Å². The molecule has 1 amide bonds. The summed E-state index contributed by atoms with van der Waals surface area (Å²) in [6, 6.07) is 15.7. The van der Waals surface area contributed by atoms with Gasteiger partial charge in [-0.15, -0.1) is 0 Å². The van der Waals surface area contributed by atoms with E-state index in [1.807, 2.05) is 59.4 Å². The van der Waals surface area contributed by atoms with E-state index in [0.717, 1.165) is 42.1 Å². The highest BCUT2D eigenvalue weighted by Crippen LogP contribution is 2.25. The van der Waals surface area contributed by atoms with Gasteiger partial charge < -0.3 is 14.8 Å². The third-order valence-electron chi connectivity index (χ3n) is 5.60. The predicted octanol–water partition coefficient (Wildman–Crippen LogP) is 3.30. The zero-order chi connectivity index (χ0) is 22.3. The monoisotopic (exact) mass is 432 g/mol. The molecule has 1 aliphatic heterocycles. The van der Waals surface area contributed by atoms with E-state index in [1.54, 1.807) is 14.2 Å². The predicted molar refractivity (Wildman–Crippen MR) is 124 cm³/mol. The Bertz CT molecular complexity index is 1090. The summed E-state index contributed by atoms with van der Waals surface area (Å²) in [4.78, 5) is 14.6. The molecule has 0 saturated carbocycles. The maximum absolute atomic E-state index is 12.5. The Kier molecular flexibility index (Phi) is 6.87. The normalized spacial score (nSPS) is 14.0. The molecule has 0 bridgehead atoms. The number of hydrogen-bond donors (Lipinski definition) is 1. The average molecular weight is 433 g/mol. The van der Waals surface area contributed by atoms with Crippen LogP contribution in [0.4, 0.5) is 0 Å². The largest absolute Gasteiger partial charge is 0.497 e. The first-order valence-corrected chi connectivity index (χ1v) is 10.7. The summed E-state index contributed by atoms with van der Waals surface area (Å²) < 4.78 is 12.5. The van der Waals surface area contributed by atoms with Crippen LogP contribution in [0.3, 0.4) is 0 Å². The van der Waals surface area contributed by atoms with E-state index in [9.17, 15) is 4.79 Å². The number of amides is 1. The molecule has 0 aliphatic carbocycles. The van der Waals surface area contributed by atoms with Crippen LogP contribution in [0.1, 0.15) is 17.5 Å². The fourth-order valence-electron chi connectivity index (χ4n) is 3.78. The third-order valence-corrected chi connectivity index (χ3v) is 5.60. The van der Waals surface area contributed by atoms with Crippen LogP contribution in [-0.4, -0.2) is 54.4 Å². The van der Waals surface area contributed by atoms with Gasteiger partial charge in [0.15, 0.2) is 0 Å². The number of hydrogen-bond acceptors (Lipinski definition) is 5. The van der Waals surface area contributed by atoms with Crippen molar-refractivity contribution in [1.82, 2.24) is 20.0 Å². The summed E-state index contributed by atoms with van der Waals surface area (Å²) in [6.07, 6.45) is 7.05. The van der Waals surface area contributed by atoms with E-state index in [1.165, 1.54) is 5.57 Å². The number of rotatable bonds is 8. The Hall–Kier alpha value is -3.58. The zero-order valence-corrected chi connectivity index (χ0v) is 18.5. The molecule has 0 spiro atoms. The van der Waals surface area contributed by atoms with Gasteiger partial charge in [0.2, 0.25) is 5.91 Å². The molecule has 0 saturated heterocycles. The molecule has 2 aromatic carbocycles. The van der Waals surface area contributed by atoms with Crippen molar-refractivity contribution in [3.8, 4) is 17.2 Å². The second kappa shape index (κ2) is 10.2. The molecule has 7 heteroatoms. The summed E-state index contributed by atoms with van der Waals surface area (Å²) >= 11 is 0. The molecule has 1 aliphatic rings. The standard InChI is InChI=1S/C25H28N4O3/c1-31-23-9-8-20(24(14-23)32-2)15-26-25(30)18-28-12-10-19(11-13-28)21-16-27-29(17-21)22-6-4-3-5-7-22/h3-10,14,16-17H,11-13,15,18H2,1-2H3,(H,26,30). The molecule has 32 heavy (non-hydrogen) atoms. The molecular formula is C25H28N4O3. The number of carbonyl (C=O) groups is 1. The molecule has 0 atom stereocenters. The number of nitrogens with one attached hydrogen (secondary N) is 1. The van der Waals surface area contributed by atoms with Crippen LogP contribution < -0.4 is 14.8 Å². The maximum atomic E-state index is 12.5. The second-order valence-corrected chi connectivity index (χ2v) is 7.68. The Morgan fingerprint density at radius 1 is 1.12 bits per heavy atom. The number of nitrogens with zero attached hydrogens (tertiary/aromatic N) is 3. The first-order valence-electron chi connectivity index (χ1n) is 10.7. The van der Waals surface area contributed by atoms with Crippen molar-refractivity contribution in [2.45, 2.75) is 13.0 Å². The molecule has 1 N–H and O–H groups in total. The van der Waals surface area contributed by atoms with Crippen molar-refractivity contribution in [2.24, 2.45) is 0 Å². The maximum Gasteiger partial charge on any atom is 0.234 e. The average Bonchev–Trinajstić information content (AvgIpc) is 3.34. The molecule has 0 radical (unpaired) electrons. The topological polar surface area (TPSA) is 68.6 Å². The lowest BCUT2D eigenvalue weighted by atomic mass is 10.0. The minimum atomic E-state index is -0.00313. The lowest BCUT2D eigenvalue weighted by Gasteiger charge is -2.25. The summed E-state index contributed by atoms with van der Waals surface area (Å²) in [5.41, 5.74) is 4.36. The molecule has 1 aromatic heterocycles. The Labute approximate surface area is 188 Å². The van der Waals surface area contributed by atoms with Crippen LogP contribution >= 0.6 is 0 Å². The number of benzene rings is 2. The molecule has 4 rings (SSSR count). The van der Waals surface area contributed by atoms with Gasteiger partial charge in [0, 0.05) is 43.0 Å². The Morgan fingerprint density at radius 3 is 2.69 bits per heavy atom. The minimum absolute atomic E-state index is 0.00313. The van der Waals surface area contributed by atoms with Crippen LogP contribution in [0.2, 0.25) is 0 Å². The molecule has 166 valence electrons. The van der Waals surface area contributed by atoms with E-state index in [4.69, 9.17) is 9.47 Å². The van der Waals surface area contributed by atoms with E-state index >= 15 is 0 Å². The van der Waals surface area contributed by atoms with Crippen LogP contribution in [0.5, 0.6) is 11.5 Å². The SMILES string of the molecule is COc1ccc(CNC(=O)CN2CC=C(c3cnn(-c4ccccc4)c3)CC2)c(OC)c1. The van der Waals surface area contributed by atoms with Crippen molar-refractivity contribution in [3.05, 3.63) is 78.1 Å². The van der Waals surface area contributed by atoms with E-state index in [-0.39, 0.29) is 5.91 Å². The van der Waals surface area contributed by atoms with Gasteiger partial charge in [0.05, 0.1) is 32.6 Å². The Morgan fingerprint density at radius 2 is 1.97 bits per heavy atom. The molecule has 3 aromatic rings. The van der Waals surface area contributed by atoms with Crippen LogP contribution in [0, 0.1) is 0 Å². The van der Waals surface area contributed by atoms with Crippen molar-refractivity contribution in [3.63, 3.8) is 0 Å². The van der Waals surface area contributed by atoms with Crippen molar-refractivity contribution in [1.29, 1.82) is 0 Å². The van der Waals surface area contributed by atoms with Gasteiger partial charge in [-0.2, -0.15) is 5.10 Å². The molecule has 7 nitrogen and oxygen atoms in total. The number of para-hydroxylation sites is 1. The molecular weight excluding hydrogens is 404 g/mol. The summed E-state index contributed by atoms with van der Waals surface area (Å²) in [5, 5.41) is 7.47. The highest BCUT2D eigenvalue weighted by molar-refractivity contribution is 5.78. The lowest BCUT2D eigenvalue weighted by molar-refractivity contribution is -0.122.